The van der Waals surface area contributed by atoms with Crippen LogP contribution in [0.2, 0.25) is 0 Å². The number of carbonyl (C=O) groups excluding carboxylic acids is 1. The molecule has 0 heterocycles. The van der Waals surface area contributed by atoms with Crippen LogP contribution in [0.1, 0.15) is 27.2 Å². The lowest BCUT2D eigenvalue weighted by atomic mass is 10.1. The normalized spacial score (nSPS) is 12.9. The fourth-order valence-corrected chi connectivity index (χ4v) is 0.873. The zero-order valence-corrected chi connectivity index (χ0v) is 9.79. The lowest BCUT2D eigenvalue weighted by Crippen LogP contribution is -2.37. The Balaban J connectivity index is 3.27. The summed E-state index contributed by atoms with van der Waals surface area (Å²) in [5.74, 6) is 5.29. The van der Waals surface area contributed by atoms with E-state index < -0.39 is 6.10 Å². The fourth-order valence-electron chi connectivity index (χ4n) is 0.873. The van der Waals surface area contributed by atoms with E-state index in [1.54, 1.807) is 6.92 Å². The largest absolute Gasteiger partial charge is 0.380 e. The van der Waals surface area contributed by atoms with Gasteiger partial charge in [-0.3, -0.25) is 9.63 Å². The van der Waals surface area contributed by atoms with Crippen molar-refractivity contribution in [2.75, 3.05) is 19.8 Å². The van der Waals surface area contributed by atoms with Gasteiger partial charge in [-0.1, -0.05) is 13.8 Å². The minimum atomic E-state index is -0.610. The number of nitrogens with two attached hydrogens (primary N) is 1. The van der Waals surface area contributed by atoms with Crippen molar-refractivity contribution in [2.24, 2.45) is 11.8 Å². The maximum absolute atomic E-state index is 11.1. The van der Waals surface area contributed by atoms with Gasteiger partial charge in [0.1, 0.15) is 0 Å². The standard InChI is InChI=1S/C10H22N2O3/c1-8(2)4-6-14-7-5-12-10(13)9(3)15-11/h8-9H,4-7,11H2,1-3H3,(H,12,13). The van der Waals surface area contributed by atoms with Crippen molar-refractivity contribution in [1.29, 1.82) is 0 Å². The number of carbonyl (C=O) groups is 1. The zero-order chi connectivity index (χ0) is 11.7. The first-order chi connectivity index (χ1) is 7.07. The molecule has 0 aliphatic carbocycles. The number of nitrogens with one attached hydrogen (secondary N) is 1. The van der Waals surface area contributed by atoms with Crippen LogP contribution in [0.5, 0.6) is 0 Å². The van der Waals surface area contributed by atoms with E-state index in [4.69, 9.17) is 10.6 Å². The monoisotopic (exact) mass is 218 g/mol. The smallest absolute Gasteiger partial charge is 0.251 e. The molecule has 90 valence electrons. The first kappa shape index (κ1) is 14.3. The molecule has 15 heavy (non-hydrogen) atoms. The van der Waals surface area contributed by atoms with Gasteiger partial charge in [-0.25, -0.2) is 5.90 Å². The summed E-state index contributed by atoms with van der Waals surface area (Å²) in [6.45, 7) is 7.63. The molecule has 5 nitrogen and oxygen atoms in total. The van der Waals surface area contributed by atoms with Gasteiger partial charge in [-0.05, 0) is 19.3 Å². The topological polar surface area (TPSA) is 73.6 Å². The lowest BCUT2D eigenvalue weighted by Gasteiger charge is -2.10. The highest BCUT2D eigenvalue weighted by atomic mass is 16.6. The van der Waals surface area contributed by atoms with E-state index in [1.165, 1.54) is 0 Å². The van der Waals surface area contributed by atoms with E-state index in [9.17, 15) is 4.79 Å². The molecule has 0 saturated heterocycles. The summed E-state index contributed by atoms with van der Waals surface area (Å²) in [6.07, 6.45) is 0.427. The van der Waals surface area contributed by atoms with Crippen molar-refractivity contribution in [3.05, 3.63) is 0 Å². The third-order valence-electron chi connectivity index (χ3n) is 1.96. The van der Waals surface area contributed by atoms with Gasteiger partial charge in [0, 0.05) is 13.2 Å². The molecule has 0 aromatic carbocycles. The van der Waals surface area contributed by atoms with Gasteiger partial charge in [0.15, 0.2) is 6.10 Å². The summed E-state index contributed by atoms with van der Waals surface area (Å²) >= 11 is 0. The van der Waals surface area contributed by atoms with E-state index in [0.717, 1.165) is 13.0 Å². The Labute approximate surface area is 91.3 Å². The Hall–Kier alpha value is -0.650. The van der Waals surface area contributed by atoms with E-state index in [0.29, 0.717) is 19.1 Å². The Morgan fingerprint density at radius 1 is 1.33 bits per heavy atom. The van der Waals surface area contributed by atoms with Crippen LogP contribution >= 0.6 is 0 Å². The summed E-state index contributed by atoms with van der Waals surface area (Å²) in [5, 5.41) is 2.65. The molecule has 3 N–H and O–H groups in total. The Morgan fingerprint density at radius 2 is 2.00 bits per heavy atom. The average molecular weight is 218 g/mol. The number of ether oxygens (including phenoxy) is 1. The molecule has 0 saturated carbocycles. The van der Waals surface area contributed by atoms with Gasteiger partial charge in [0.25, 0.3) is 5.91 Å². The summed E-state index contributed by atoms with van der Waals surface area (Å²) in [7, 11) is 0. The summed E-state index contributed by atoms with van der Waals surface area (Å²) < 4.78 is 5.32. The van der Waals surface area contributed by atoms with Crippen molar-refractivity contribution in [3.63, 3.8) is 0 Å². The molecule has 0 aromatic rings. The number of amides is 1. The third kappa shape index (κ3) is 8.35. The maximum atomic E-state index is 11.1. The molecule has 0 aliphatic heterocycles. The van der Waals surface area contributed by atoms with Gasteiger partial charge in [-0.2, -0.15) is 0 Å². The predicted molar refractivity (Wildman–Crippen MR) is 58.0 cm³/mol. The zero-order valence-electron chi connectivity index (χ0n) is 9.79. The Bertz CT molecular complexity index is 174. The molecule has 0 bridgehead atoms. The molecule has 0 aliphatic rings. The minimum absolute atomic E-state index is 0.218. The van der Waals surface area contributed by atoms with Crippen molar-refractivity contribution in [2.45, 2.75) is 33.3 Å². The van der Waals surface area contributed by atoms with Gasteiger partial charge in [0.2, 0.25) is 0 Å². The molecule has 0 fully saturated rings. The molecular formula is C10H22N2O3. The average Bonchev–Trinajstić information content (AvgIpc) is 2.21. The van der Waals surface area contributed by atoms with E-state index in [1.807, 2.05) is 0 Å². The molecule has 5 heteroatoms. The highest BCUT2D eigenvalue weighted by Gasteiger charge is 2.10. The maximum Gasteiger partial charge on any atom is 0.251 e. The minimum Gasteiger partial charge on any atom is -0.380 e. The van der Waals surface area contributed by atoms with Crippen molar-refractivity contribution < 1.29 is 14.4 Å². The SMILES string of the molecule is CC(C)CCOCCNC(=O)C(C)ON. The lowest BCUT2D eigenvalue weighted by molar-refractivity contribution is -0.132. The van der Waals surface area contributed by atoms with Crippen molar-refractivity contribution in [1.82, 2.24) is 5.32 Å². The van der Waals surface area contributed by atoms with Crippen LogP contribution in [-0.4, -0.2) is 31.8 Å². The van der Waals surface area contributed by atoms with Crippen LogP contribution in [0.3, 0.4) is 0 Å². The highest BCUT2D eigenvalue weighted by Crippen LogP contribution is 1.98. The third-order valence-corrected chi connectivity index (χ3v) is 1.96. The van der Waals surface area contributed by atoms with Crippen LogP contribution in [0, 0.1) is 5.92 Å². The molecule has 0 spiro atoms. The van der Waals surface area contributed by atoms with Crippen molar-refractivity contribution >= 4 is 5.91 Å². The molecular weight excluding hydrogens is 196 g/mol. The molecule has 1 amide bonds. The predicted octanol–water partition coefficient (Wildman–Crippen LogP) is 0.444. The second kappa shape index (κ2) is 8.64. The van der Waals surface area contributed by atoms with Crippen LogP contribution < -0.4 is 11.2 Å². The summed E-state index contributed by atoms with van der Waals surface area (Å²) in [5.41, 5.74) is 0. The van der Waals surface area contributed by atoms with Gasteiger partial charge < -0.3 is 10.1 Å². The molecule has 0 aromatic heterocycles. The summed E-state index contributed by atoms with van der Waals surface area (Å²) in [6, 6.07) is 0. The first-order valence-electron chi connectivity index (χ1n) is 5.29. The second-order valence-electron chi connectivity index (χ2n) is 3.86. The Morgan fingerprint density at radius 3 is 2.53 bits per heavy atom. The molecule has 1 atom stereocenters. The van der Waals surface area contributed by atoms with Crippen LogP contribution in [0.25, 0.3) is 0 Å². The number of hydrogen-bond donors (Lipinski definition) is 2. The quantitative estimate of drug-likeness (QED) is 0.458. The first-order valence-corrected chi connectivity index (χ1v) is 5.29. The van der Waals surface area contributed by atoms with Gasteiger partial charge in [-0.15, -0.1) is 0 Å². The van der Waals surface area contributed by atoms with E-state index in [-0.39, 0.29) is 5.91 Å². The molecule has 1 unspecified atom stereocenters. The van der Waals surface area contributed by atoms with Gasteiger partial charge >= 0.3 is 0 Å². The van der Waals surface area contributed by atoms with E-state index >= 15 is 0 Å². The molecule has 0 rings (SSSR count). The van der Waals surface area contributed by atoms with Crippen LogP contribution in [-0.2, 0) is 14.4 Å². The fraction of sp³-hybridized carbons (Fsp3) is 0.900. The highest BCUT2D eigenvalue weighted by molar-refractivity contribution is 5.80. The van der Waals surface area contributed by atoms with Gasteiger partial charge in [0.05, 0.1) is 6.61 Å². The number of rotatable bonds is 8. The van der Waals surface area contributed by atoms with Crippen LogP contribution in [0.15, 0.2) is 0 Å². The number of hydrogen-bond acceptors (Lipinski definition) is 4. The molecule has 0 radical (unpaired) electrons. The van der Waals surface area contributed by atoms with E-state index in [2.05, 4.69) is 24.0 Å². The van der Waals surface area contributed by atoms with Crippen molar-refractivity contribution in [3.8, 4) is 0 Å². The second-order valence-corrected chi connectivity index (χ2v) is 3.86. The Kier molecular flexibility index (Phi) is 8.27. The summed E-state index contributed by atoms with van der Waals surface area (Å²) in [4.78, 5) is 15.5. The van der Waals surface area contributed by atoms with Crippen LogP contribution in [0.4, 0.5) is 0 Å².